The number of hydrazone groups is 1. The zero-order valence-corrected chi connectivity index (χ0v) is 16.1. The van der Waals surface area contributed by atoms with Gasteiger partial charge in [-0.05, 0) is 54.1 Å². The summed E-state index contributed by atoms with van der Waals surface area (Å²) in [7, 11) is 1.51. The number of anilines is 1. The number of fused-ring (bicyclic) bond motifs is 1. The molecule has 0 spiro atoms. The number of hydrogen-bond donors (Lipinski definition) is 1. The Balaban J connectivity index is 1.46. The van der Waals surface area contributed by atoms with Gasteiger partial charge in [-0.3, -0.25) is 10.4 Å². The predicted octanol–water partition coefficient (Wildman–Crippen LogP) is 4.30. The number of carbonyl (C=O) groups excluding carboxylic acids is 1. The van der Waals surface area contributed by atoms with Gasteiger partial charge in [0.05, 0.1) is 24.4 Å². The number of aromatic nitrogens is 2. The maximum absolute atomic E-state index is 12.2. The number of para-hydroxylation sites is 1. The van der Waals surface area contributed by atoms with Gasteiger partial charge in [0.1, 0.15) is 5.82 Å². The molecular formula is C23H18N4O3. The van der Waals surface area contributed by atoms with Gasteiger partial charge in [-0.2, -0.15) is 5.10 Å². The van der Waals surface area contributed by atoms with Crippen LogP contribution in [0.1, 0.15) is 15.9 Å². The minimum absolute atomic E-state index is 0.313. The van der Waals surface area contributed by atoms with Crippen LogP contribution >= 0.6 is 0 Å². The average Bonchev–Trinajstić information content (AvgIpc) is 2.80. The van der Waals surface area contributed by atoms with Crippen molar-refractivity contribution in [1.82, 2.24) is 9.97 Å². The van der Waals surface area contributed by atoms with E-state index in [9.17, 15) is 4.79 Å². The molecule has 2 aromatic heterocycles. The number of esters is 1. The van der Waals surface area contributed by atoms with Crippen molar-refractivity contribution in [3.63, 3.8) is 0 Å². The molecule has 4 aromatic rings. The number of benzene rings is 2. The van der Waals surface area contributed by atoms with Crippen molar-refractivity contribution in [2.45, 2.75) is 0 Å². The number of ether oxygens (including phenoxy) is 2. The fraction of sp³-hybridized carbons (Fsp3) is 0.0435. The lowest BCUT2D eigenvalue weighted by Gasteiger charge is -2.09. The Morgan fingerprint density at radius 2 is 1.93 bits per heavy atom. The molecule has 0 atom stereocenters. The molecular weight excluding hydrogens is 380 g/mol. The van der Waals surface area contributed by atoms with Crippen LogP contribution in [-0.2, 0) is 0 Å². The van der Waals surface area contributed by atoms with Gasteiger partial charge in [0.2, 0.25) is 0 Å². The minimum atomic E-state index is -0.508. The van der Waals surface area contributed by atoms with E-state index in [0.29, 0.717) is 22.9 Å². The van der Waals surface area contributed by atoms with Crippen molar-refractivity contribution >= 4 is 28.9 Å². The lowest BCUT2D eigenvalue weighted by molar-refractivity contribution is 0.0729. The summed E-state index contributed by atoms with van der Waals surface area (Å²) in [6.07, 6.45) is 4.67. The van der Waals surface area contributed by atoms with Crippen LogP contribution in [0.3, 0.4) is 0 Å². The molecule has 0 saturated carbocycles. The van der Waals surface area contributed by atoms with E-state index < -0.39 is 5.97 Å². The summed E-state index contributed by atoms with van der Waals surface area (Å²) in [6, 6.07) is 20.2. The van der Waals surface area contributed by atoms with E-state index in [-0.39, 0.29) is 0 Å². The summed E-state index contributed by atoms with van der Waals surface area (Å²) in [4.78, 5) is 20.6. The molecule has 7 nitrogen and oxygen atoms in total. The second kappa shape index (κ2) is 8.83. The van der Waals surface area contributed by atoms with E-state index in [1.165, 1.54) is 13.3 Å². The molecule has 0 amide bonds. The molecule has 0 fully saturated rings. The number of nitrogens with one attached hydrogen (secondary N) is 1. The van der Waals surface area contributed by atoms with Crippen molar-refractivity contribution in [2.75, 3.05) is 12.5 Å². The van der Waals surface area contributed by atoms with E-state index >= 15 is 0 Å². The normalized spacial score (nSPS) is 10.8. The summed E-state index contributed by atoms with van der Waals surface area (Å²) in [5.74, 6) is 0.860. The monoisotopic (exact) mass is 398 g/mol. The molecule has 0 radical (unpaired) electrons. The van der Waals surface area contributed by atoms with Crippen LogP contribution < -0.4 is 14.9 Å². The van der Waals surface area contributed by atoms with E-state index in [0.717, 1.165) is 16.5 Å². The van der Waals surface area contributed by atoms with Crippen molar-refractivity contribution in [3.8, 4) is 11.5 Å². The Morgan fingerprint density at radius 1 is 1.03 bits per heavy atom. The third-order valence-corrected chi connectivity index (χ3v) is 4.28. The van der Waals surface area contributed by atoms with Gasteiger partial charge >= 0.3 is 5.97 Å². The lowest BCUT2D eigenvalue weighted by atomic mass is 10.2. The smallest absolute Gasteiger partial charge is 0.345 e. The number of nitrogens with zero attached hydrogens (tertiary/aromatic N) is 3. The molecule has 4 rings (SSSR count). The van der Waals surface area contributed by atoms with Gasteiger partial charge in [-0.25, -0.2) is 9.78 Å². The summed E-state index contributed by atoms with van der Waals surface area (Å²) >= 11 is 0. The zero-order chi connectivity index (χ0) is 20.8. The lowest BCUT2D eigenvalue weighted by Crippen LogP contribution is -2.09. The highest BCUT2D eigenvalue weighted by Crippen LogP contribution is 2.28. The summed E-state index contributed by atoms with van der Waals surface area (Å²) in [6.45, 7) is 0. The molecule has 0 saturated heterocycles. The Kier molecular flexibility index (Phi) is 5.61. The first-order valence-corrected chi connectivity index (χ1v) is 9.18. The number of pyridine rings is 2. The number of hydrogen-bond acceptors (Lipinski definition) is 7. The average molecular weight is 398 g/mol. The topological polar surface area (TPSA) is 85.7 Å². The Bertz CT molecular complexity index is 1210. The Labute approximate surface area is 173 Å². The summed E-state index contributed by atoms with van der Waals surface area (Å²) in [5, 5.41) is 5.29. The SMILES string of the molecule is COc1cc(/C=N/Nc2ccc3ccccc3n2)ccc1OC(=O)c1cccnc1. The van der Waals surface area contributed by atoms with Crippen LogP contribution in [0.25, 0.3) is 10.9 Å². The van der Waals surface area contributed by atoms with E-state index in [2.05, 4.69) is 20.5 Å². The second-order valence-corrected chi connectivity index (χ2v) is 6.30. The van der Waals surface area contributed by atoms with Crippen molar-refractivity contribution in [2.24, 2.45) is 5.10 Å². The molecule has 0 unspecified atom stereocenters. The quantitative estimate of drug-likeness (QED) is 0.226. The minimum Gasteiger partial charge on any atom is -0.493 e. The van der Waals surface area contributed by atoms with Gasteiger partial charge in [-0.1, -0.05) is 18.2 Å². The van der Waals surface area contributed by atoms with E-state index in [1.54, 1.807) is 42.7 Å². The van der Waals surface area contributed by atoms with Gasteiger partial charge in [0.15, 0.2) is 11.5 Å². The molecule has 2 aromatic carbocycles. The molecule has 30 heavy (non-hydrogen) atoms. The highest BCUT2D eigenvalue weighted by atomic mass is 16.6. The van der Waals surface area contributed by atoms with Crippen LogP contribution in [0.15, 0.2) is 84.2 Å². The molecule has 2 heterocycles. The number of rotatable bonds is 6. The zero-order valence-electron chi connectivity index (χ0n) is 16.1. The van der Waals surface area contributed by atoms with E-state index in [1.807, 2.05) is 36.4 Å². The molecule has 0 aliphatic heterocycles. The maximum Gasteiger partial charge on any atom is 0.345 e. The predicted molar refractivity (Wildman–Crippen MR) is 115 cm³/mol. The van der Waals surface area contributed by atoms with Crippen molar-refractivity contribution in [3.05, 3.63) is 90.3 Å². The third kappa shape index (κ3) is 4.41. The number of carbonyl (C=O) groups is 1. The molecule has 0 aliphatic carbocycles. The molecule has 1 N–H and O–H groups in total. The first-order chi connectivity index (χ1) is 14.7. The summed E-state index contributed by atoms with van der Waals surface area (Å²) in [5.41, 5.74) is 4.93. The van der Waals surface area contributed by atoms with Gasteiger partial charge in [-0.15, -0.1) is 0 Å². The second-order valence-electron chi connectivity index (χ2n) is 6.30. The molecule has 0 bridgehead atoms. The van der Waals surface area contributed by atoms with Crippen molar-refractivity contribution < 1.29 is 14.3 Å². The standard InChI is InChI=1S/C23H18N4O3/c1-29-21-13-16(8-10-20(21)30-23(28)18-6-4-12-24-15-18)14-25-27-22-11-9-17-5-2-3-7-19(17)26-22/h2-15H,1H3,(H,26,27)/b25-14+. The molecule has 148 valence electrons. The highest BCUT2D eigenvalue weighted by Gasteiger charge is 2.12. The summed E-state index contributed by atoms with van der Waals surface area (Å²) < 4.78 is 10.8. The first-order valence-electron chi connectivity index (χ1n) is 9.18. The number of methoxy groups -OCH3 is 1. The van der Waals surface area contributed by atoms with Crippen LogP contribution in [0.5, 0.6) is 11.5 Å². The first kappa shape index (κ1) is 19.1. The van der Waals surface area contributed by atoms with E-state index in [4.69, 9.17) is 9.47 Å². The van der Waals surface area contributed by atoms with Gasteiger partial charge < -0.3 is 9.47 Å². The largest absolute Gasteiger partial charge is 0.493 e. The van der Waals surface area contributed by atoms with Crippen LogP contribution in [-0.4, -0.2) is 29.3 Å². The Morgan fingerprint density at radius 3 is 2.77 bits per heavy atom. The van der Waals surface area contributed by atoms with Crippen LogP contribution in [0.4, 0.5) is 5.82 Å². The van der Waals surface area contributed by atoms with Gasteiger partial charge in [0.25, 0.3) is 0 Å². The molecule has 7 heteroatoms. The van der Waals surface area contributed by atoms with Gasteiger partial charge in [0, 0.05) is 17.8 Å². The third-order valence-electron chi connectivity index (χ3n) is 4.28. The fourth-order valence-corrected chi connectivity index (χ4v) is 2.79. The van der Waals surface area contributed by atoms with Crippen LogP contribution in [0, 0.1) is 0 Å². The molecule has 0 aliphatic rings. The maximum atomic E-state index is 12.2. The Hall–Kier alpha value is -4.26. The highest BCUT2D eigenvalue weighted by molar-refractivity contribution is 5.91. The van der Waals surface area contributed by atoms with Crippen LogP contribution in [0.2, 0.25) is 0 Å². The van der Waals surface area contributed by atoms with Crippen molar-refractivity contribution in [1.29, 1.82) is 0 Å². The fourth-order valence-electron chi connectivity index (χ4n) is 2.79.